The van der Waals surface area contributed by atoms with Crippen molar-refractivity contribution in [3.63, 3.8) is 0 Å². The predicted octanol–water partition coefficient (Wildman–Crippen LogP) is 1.02. The Morgan fingerprint density at radius 1 is 1.47 bits per heavy atom. The lowest BCUT2D eigenvalue weighted by Crippen LogP contribution is -2.31. The fraction of sp³-hybridized carbons (Fsp3) is 0.385. The molecule has 1 heterocycles. The number of carbonyl (C=O) groups excluding carboxylic acids is 2. The smallest absolute Gasteiger partial charge is 0.251 e. The zero-order valence-corrected chi connectivity index (χ0v) is 11.8. The van der Waals surface area contributed by atoms with Gasteiger partial charge in [0.25, 0.3) is 5.91 Å². The maximum Gasteiger partial charge on any atom is 0.251 e. The highest BCUT2D eigenvalue weighted by atomic mass is 32.2. The van der Waals surface area contributed by atoms with Gasteiger partial charge in [-0.05, 0) is 32.3 Å². The van der Waals surface area contributed by atoms with Crippen molar-refractivity contribution in [3.8, 4) is 0 Å². The van der Waals surface area contributed by atoms with Crippen LogP contribution >= 0.6 is 11.8 Å². The summed E-state index contributed by atoms with van der Waals surface area (Å²) in [6, 6.07) is 5.39. The molecule has 6 heteroatoms. The number of fused-ring (bicyclic) bond motifs is 1. The van der Waals surface area contributed by atoms with E-state index in [0.717, 1.165) is 17.1 Å². The van der Waals surface area contributed by atoms with Crippen LogP contribution in [0.25, 0.3) is 0 Å². The second-order valence-electron chi connectivity index (χ2n) is 4.61. The number of amides is 2. The minimum Gasteiger partial charge on any atom is -0.351 e. The van der Waals surface area contributed by atoms with Crippen LogP contribution in [-0.2, 0) is 4.79 Å². The average Bonchev–Trinajstić information content (AvgIpc) is 2.37. The van der Waals surface area contributed by atoms with E-state index in [9.17, 15) is 9.59 Å². The SMILES string of the molecule is CN(C)CCNC(=O)c1ccc2c(c1)NC(=O)CS2. The summed E-state index contributed by atoms with van der Waals surface area (Å²) >= 11 is 1.49. The lowest BCUT2D eigenvalue weighted by atomic mass is 10.2. The van der Waals surface area contributed by atoms with Gasteiger partial charge in [0, 0.05) is 23.5 Å². The highest BCUT2D eigenvalue weighted by Crippen LogP contribution is 2.31. The van der Waals surface area contributed by atoms with Crippen LogP contribution in [0.2, 0.25) is 0 Å². The highest BCUT2D eigenvalue weighted by Gasteiger charge is 2.17. The number of thioether (sulfide) groups is 1. The number of nitrogens with one attached hydrogen (secondary N) is 2. The quantitative estimate of drug-likeness (QED) is 0.864. The number of hydrogen-bond acceptors (Lipinski definition) is 4. The van der Waals surface area contributed by atoms with Crippen molar-refractivity contribution < 1.29 is 9.59 Å². The molecule has 1 aromatic carbocycles. The topological polar surface area (TPSA) is 61.4 Å². The Balaban J connectivity index is 2.02. The molecule has 2 rings (SSSR count). The zero-order chi connectivity index (χ0) is 13.8. The van der Waals surface area contributed by atoms with Crippen molar-refractivity contribution in [3.05, 3.63) is 23.8 Å². The number of likely N-dealkylation sites (N-methyl/N-ethyl adjacent to an activating group) is 1. The second kappa shape index (κ2) is 6.08. The molecule has 0 unspecified atom stereocenters. The van der Waals surface area contributed by atoms with Crippen LogP contribution < -0.4 is 10.6 Å². The first kappa shape index (κ1) is 13.9. The molecule has 5 nitrogen and oxygen atoms in total. The maximum absolute atomic E-state index is 11.9. The fourth-order valence-corrected chi connectivity index (χ4v) is 2.51. The molecule has 0 aromatic heterocycles. The van der Waals surface area contributed by atoms with Crippen LogP contribution in [0.3, 0.4) is 0 Å². The van der Waals surface area contributed by atoms with Gasteiger partial charge in [-0.1, -0.05) is 0 Å². The average molecular weight is 279 g/mol. The number of nitrogens with zero attached hydrogens (tertiary/aromatic N) is 1. The molecule has 0 atom stereocenters. The first-order chi connectivity index (χ1) is 9.06. The predicted molar refractivity (Wildman–Crippen MR) is 76.7 cm³/mol. The first-order valence-corrected chi connectivity index (χ1v) is 7.04. The third-order valence-corrected chi connectivity index (χ3v) is 3.79. The minimum absolute atomic E-state index is 0.0253. The van der Waals surface area contributed by atoms with E-state index in [1.54, 1.807) is 12.1 Å². The van der Waals surface area contributed by atoms with E-state index in [0.29, 0.717) is 17.9 Å². The molecule has 1 aromatic rings. The van der Waals surface area contributed by atoms with E-state index in [2.05, 4.69) is 10.6 Å². The Morgan fingerprint density at radius 3 is 3.00 bits per heavy atom. The van der Waals surface area contributed by atoms with Crippen molar-refractivity contribution >= 4 is 29.3 Å². The van der Waals surface area contributed by atoms with Gasteiger partial charge in [-0.2, -0.15) is 0 Å². The van der Waals surface area contributed by atoms with E-state index in [4.69, 9.17) is 0 Å². The molecule has 1 aliphatic rings. The van der Waals surface area contributed by atoms with E-state index >= 15 is 0 Å². The van der Waals surface area contributed by atoms with Gasteiger partial charge in [0.15, 0.2) is 0 Å². The molecule has 1 aliphatic heterocycles. The monoisotopic (exact) mass is 279 g/mol. The molecule has 0 radical (unpaired) electrons. The molecule has 0 aliphatic carbocycles. The van der Waals surface area contributed by atoms with Gasteiger partial charge in [0.1, 0.15) is 0 Å². The minimum atomic E-state index is -0.116. The molecule has 19 heavy (non-hydrogen) atoms. The third kappa shape index (κ3) is 3.71. The summed E-state index contributed by atoms with van der Waals surface area (Å²) in [6.07, 6.45) is 0. The zero-order valence-electron chi connectivity index (χ0n) is 11.0. The number of rotatable bonds is 4. The van der Waals surface area contributed by atoms with Gasteiger partial charge in [-0.25, -0.2) is 0 Å². The summed E-state index contributed by atoms with van der Waals surface area (Å²) in [7, 11) is 3.91. The molecule has 0 saturated heterocycles. The fourth-order valence-electron chi connectivity index (χ4n) is 1.72. The van der Waals surface area contributed by atoms with Crippen LogP contribution in [0.15, 0.2) is 23.1 Å². The Labute approximate surface area is 116 Å². The number of benzene rings is 1. The van der Waals surface area contributed by atoms with Crippen molar-refractivity contribution in [2.24, 2.45) is 0 Å². The van der Waals surface area contributed by atoms with Gasteiger partial charge in [-0.15, -0.1) is 11.8 Å². The van der Waals surface area contributed by atoms with Crippen molar-refractivity contribution in [1.82, 2.24) is 10.2 Å². The lowest BCUT2D eigenvalue weighted by molar-refractivity contribution is -0.113. The van der Waals surface area contributed by atoms with Crippen molar-refractivity contribution in [2.45, 2.75) is 4.90 Å². The molecule has 0 saturated carbocycles. The largest absolute Gasteiger partial charge is 0.351 e. The maximum atomic E-state index is 11.9. The van der Waals surface area contributed by atoms with Gasteiger partial charge in [0.2, 0.25) is 5.91 Å². The normalized spacial score (nSPS) is 13.9. The molecule has 0 bridgehead atoms. The highest BCUT2D eigenvalue weighted by molar-refractivity contribution is 8.00. The summed E-state index contributed by atoms with van der Waals surface area (Å²) in [5.41, 5.74) is 1.29. The van der Waals surface area contributed by atoms with Crippen LogP contribution in [0, 0.1) is 0 Å². The molecule has 102 valence electrons. The molecule has 2 N–H and O–H groups in total. The van der Waals surface area contributed by atoms with Crippen LogP contribution in [0.4, 0.5) is 5.69 Å². The summed E-state index contributed by atoms with van der Waals surface area (Å²) < 4.78 is 0. The number of carbonyl (C=O) groups is 2. The van der Waals surface area contributed by atoms with Crippen LogP contribution in [-0.4, -0.2) is 49.7 Å². The Bertz CT molecular complexity index is 503. The van der Waals surface area contributed by atoms with Crippen LogP contribution in [0.1, 0.15) is 10.4 Å². The van der Waals surface area contributed by atoms with Crippen LogP contribution in [0.5, 0.6) is 0 Å². The number of anilines is 1. The summed E-state index contributed by atoms with van der Waals surface area (Å²) in [5, 5.41) is 5.63. The van der Waals surface area contributed by atoms with Crippen molar-refractivity contribution in [2.75, 3.05) is 38.3 Å². The van der Waals surface area contributed by atoms with Gasteiger partial charge in [0.05, 0.1) is 11.4 Å². The van der Waals surface area contributed by atoms with E-state index in [1.165, 1.54) is 11.8 Å². The Morgan fingerprint density at radius 2 is 2.26 bits per heavy atom. The Kier molecular flexibility index (Phi) is 4.44. The van der Waals surface area contributed by atoms with Gasteiger partial charge < -0.3 is 15.5 Å². The summed E-state index contributed by atoms with van der Waals surface area (Å²) in [5.74, 6) is 0.290. The third-order valence-electron chi connectivity index (χ3n) is 2.72. The molecular formula is C13H17N3O2S. The van der Waals surface area contributed by atoms with Gasteiger partial charge >= 0.3 is 0 Å². The van der Waals surface area contributed by atoms with E-state index < -0.39 is 0 Å². The molecular weight excluding hydrogens is 262 g/mol. The summed E-state index contributed by atoms with van der Waals surface area (Å²) in [6.45, 7) is 1.40. The van der Waals surface area contributed by atoms with E-state index in [-0.39, 0.29) is 11.8 Å². The van der Waals surface area contributed by atoms with Gasteiger partial charge in [-0.3, -0.25) is 9.59 Å². The molecule has 0 fully saturated rings. The van der Waals surface area contributed by atoms with Crippen molar-refractivity contribution in [1.29, 1.82) is 0 Å². The second-order valence-corrected chi connectivity index (χ2v) is 5.62. The Hall–Kier alpha value is -1.53. The lowest BCUT2D eigenvalue weighted by Gasteiger charge is -2.17. The first-order valence-electron chi connectivity index (χ1n) is 6.06. The van der Waals surface area contributed by atoms with E-state index in [1.807, 2.05) is 25.1 Å². The number of hydrogen-bond donors (Lipinski definition) is 2. The standard InChI is InChI=1S/C13H17N3O2S/c1-16(2)6-5-14-13(18)9-3-4-11-10(7-9)15-12(17)8-19-11/h3-4,7H,5-6,8H2,1-2H3,(H,14,18)(H,15,17). The molecule has 0 spiro atoms. The summed E-state index contributed by atoms with van der Waals surface area (Å²) in [4.78, 5) is 26.3. The molecule has 2 amide bonds.